The SMILES string of the molecule is CN1CCN(C(=O)c2ccc(CN(c3cccc(Cl)c3)S(C)(=O)=O)cc2)CC1. The van der Waals surface area contributed by atoms with Crippen LogP contribution in [0.3, 0.4) is 0 Å². The largest absolute Gasteiger partial charge is 0.336 e. The molecular formula is C20H24ClN3O3S. The van der Waals surface area contributed by atoms with Crippen molar-refractivity contribution >= 4 is 33.2 Å². The van der Waals surface area contributed by atoms with Gasteiger partial charge < -0.3 is 9.80 Å². The minimum absolute atomic E-state index is 0.00876. The molecule has 1 saturated heterocycles. The first kappa shape index (κ1) is 20.6. The summed E-state index contributed by atoms with van der Waals surface area (Å²) in [5.41, 5.74) is 1.91. The molecule has 2 aromatic carbocycles. The van der Waals surface area contributed by atoms with Gasteiger partial charge in [0, 0.05) is 36.8 Å². The number of sulfonamides is 1. The second-order valence-corrected chi connectivity index (χ2v) is 9.39. The molecule has 2 aromatic rings. The van der Waals surface area contributed by atoms with Crippen molar-refractivity contribution in [3.63, 3.8) is 0 Å². The van der Waals surface area contributed by atoms with Crippen LogP contribution in [-0.2, 0) is 16.6 Å². The summed E-state index contributed by atoms with van der Waals surface area (Å²) >= 11 is 6.01. The highest BCUT2D eigenvalue weighted by Crippen LogP contribution is 2.24. The quantitative estimate of drug-likeness (QED) is 0.744. The number of halogens is 1. The van der Waals surface area contributed by atoms with Gasteiger partial charge in [-0.05, 0) is 42.9 Å². The lowest BCUT2D eigenvalue weighted by molar-refractivity contribution is 0.0664. The molecule has 3 rings (SSSR count). The van der Waals surface area contributed by atoms with E-state index in [-0.39, 0.29) is 12.5 Å². The number of nitrogens with zero attached hydrogens (tertiary/aromatic N) is 3. The number of piperazine rings is 1. The van der Waals surface area contributed by atoms with Gasteiger partial charge >= 0.3 is 0 Å². The van der Waals surface area contributed by atoms with Gasteiger partial charge in [-0.25, -0.2) is 8.42 Å². The number of likely N-dealkylation sites (N-methyl/N-ethyl adjacent to an activating group) is 1. The van der Waals surface area contributed by atoms with Gasteiger partial charge in [0.1, 0.15) is 0 Å². The van der Waals surface area contributed by atoms with Crippen LogP contribution in [0.5, 0.6) is 0 Å². The maximum absolute atomic E-state index is 12.6. The predicted octanol–water partition coefficient (Wildman–Crippen LogP) is 2.69. The first-order valence-electron chi connectivity index (χ1n) is 9.04. The number of amides is 1. The number of carbonyl (C=O) groups excluding carboxylic acids is 1. The van der Waals surface area contributed by atoms with E-state index in [4.69, 9.17) is 11.6 Å². The summed E-state index contributed by atoms with van der Waals surface area (Å²) in [7, 11) is -1.44. The molecule has 6 nitrogen and oxygen atoms in total. The molecule has 8 heteroatoms. The predicted molar refractivity (Wildman–Crippen MR) is 112 cm³/mol. The Morgan fingerprint density at radius 3 is 2.29 bits per heavy atom. The molecule has 0 radical (unpaired) electrons. The molecule has 1 heterocycles. The van der Waals surface area contributed by atoms with E-state index in [9.17, 15) is 13.2 Å². The summed E-state index contributed by atoms with van der Waals surface area (Å²) in [6.45, 7) is 3.34. The van der Waals surface area contributed by atoms with Crippen molar-refractivity contribution < 1.29 is 13.2 Å². The molecule has 0 atom stereocenters. The average Bonchev–Trinajstić information content (AvgIpc) is 2.66. The highest BCUT2D eigenvalue weighted by Gasteiger charge is 2.21. The van der Waals surface area contributed by atoms with Crippen LogP contribution in [0.1, 0.15) is 15.9 Å². The third-order valence-electron chi connectivity index (χ3n) is 4.81. The highest BCUT2D eigenvalue weighted by atomic mass is 35.5. The summed E-state index contributed by atoms with van der Waals surface area (Å²) in [5.74, 6) is 0.00876. The van der Waals surface area contributed by atoms with Crippen LogP contribution in [0, 0.1) is 0 Å². The van der Waals surface area contributed by atoms with Crippen LogP contribution in [0.15, 0.2) is 48.5 Å². The van der Waals surface area contributed by atoms with Crippen molar-refractivity contribution in [1.82, 2.24) is 9.80 Å². The summed E-state index contributed by atoms with van der Waals surface area (Å²) in [5, 5.41) is 0.472. The van der Waals surface area contributed by atoms with Crippen LogP contribution in [0.4, 0.5) is 5.69 Å². The molecule has 0 aromatic heterocycles. The zero-order valence-electron chi connectivity index (χ0n) is 16.0. The lowest BCUT2D eigenvalue weighted by atomic mass is 10.1. The van der Waals surface area contributed by atoms with E-state index in [1.165, 1.54) is 10.6 Å². The number of benzene rings is 2. The van der Waals surface area contributed by atoms with Gasteiger partial charge in [-0.1, -0.05) is 29.8 Å². The number of hydrogen-bond donors (Lipinski definition) is 0. The monoisotopic (exact) mass is 421 g/mol. The number of anilines is 1. The summed E-state index contributed by atoms with van der Waals surface area (Å²) in [6, 6.07) is 13.9. The Labute approximate surface area is 171 Å². The van der Waals surface area contributed by atoms with Gasteiger partial charge in [0.05, 0.1) is 18.5 Å². The number of hydrogen-bond acceptors (Lipinski definition) is 4. The lowest BCUT2D eigenvalue weighted by Crippen LogP contribution is -2.47. The number of carbonyl (C=O) groups is 1. The molecule has 1 fully saturated rings. The summed E-state index contributed by atoms with van der Waals surface area (Å²) in [6.07, 6.45) is 1.17. The minimum atomic E-state index is -3.49. The van der Waals surface area contributed by atoms with E-state index in [1.807, 2.05) is 11.9 Å². The van der Waals surface area contributed by atoms with Crippen LogP contribution in [0.2, 0.25) is 5.02 Å². The molecular weight excluding hydrogens is 398 g/mol. The summed E-state index contributed by atoms with van der Waals surface area (Å²) < 4.78 is 25.8. The third-order valence-corrected chi connectivity index (χ3v) is 6.19. The molecule has 28 heavy (non-hydrogen) atoms. The number of rotatable bonds is 5. The van der Waals surface area contributed by atoms with E-state index in [0.29, 0.717) is 29.4 Å². The Hall–Kier alpha value is -2.09. The lowest BCUT2D eigenvalue weighted by Gasteiger charge is -2.32. The van der Waals surface area contributed by atoms with Crippen molar-refractivity contribution in [2.75, 3.05) is 43.8 Å². The highest BCUT2D eigenvalue weighted by molar-refractivity contribution is 7.92. The fourth-order valence-electron chi connectivity index (χ4n) is 3.14. The Morgan fingerprint density at radius 1 is 1.07 bits per heavy atom. The molecule has 0 N–H and O–H groups in total. The zero-order valence-corrected chi connectivity index (χ0v) is 17.6. The molecule has 150 valence electrons. The minimum Gasteiger partial charge on any atom is -0.336 e. The molecule has 0 bridgehead atoms. The first-order chi connectivity index (χ1) is 13.2. The molecule has 0 saturated carbocycles. The van der Waals surface area contributed by atoms with E-state index in [0.717, 1.165) is 18.7 Å². The maximum Gasteiger partial charge on any atom is 0.253 e. The molecule has 0 unspecified atom stereocenters. The van der Waals surface area contributed by atoms with E-state index in [2.05, 4.69) is 4.90 Å². The van der Waals surface area contributed by atoms with Crippen molar-refractivity contribution in [2.45, 2.75) is 6.54 Å². The standard InChI is InChI=1S/C20H24ClN3O3S/c1-22-10-12-23(13-11-22)20(25)17-8-6-16(7-9-17)15-24(28(2,26)27)19-5-3-4-18(21)14-19/h3-9,14H,10-13,15H2,1-2H3. The zero-order chi connectivity index (χ0) is 20.3. The molecule has 1 aliphatic rings. The normalized spacial score (nSPS) is 15.5. The third kappa shape index (κ3) is 5.04. The van der Waals surface area contributed by atoms with Crippen molar-refractivity contribution in [2.24, 2.45) is 0 Å². The Kier molecular flexibility index (Phi) is 6.27. The van der Waals surface area contributed by atoms with Gasteiger partial charge in [0.2, 0.25) is 10.0 Å². The Morgan fingerprint density at radius 2 is 1.71 bits per heavy atom. The summed E-state index contributed by atoms with van der Waals surface area (Å²) in [4.78, 5) is 16.7. The molecule has 0 aliphatic carbocycles. The van der Waals surface area contributed by atoms with Gasteiger partial charge in [-0.15, -0.1) is 0 Å². The van der Waals surface area contributed by atoms with E-state index < -0.39 is 10.0 Å². The Balaban J connectivity index is 1.75. The fourth-order valence-corrected chi connectivity index (χ4v) is 4.21. The Bertz CT molecular complexity index is 939. The van der Waals surface area contributed by atoms with Crippen LogP contribution >= 0.6 is 11.6 Å². The van der Waals surface area contributed by atoms with Crippen molar-refractivity contribution in [3.8, 4) is 0 Å². The van der Waals surface area contributed by atoms with E-state index in [1.54, 1.807) is 48.5 Å². The van der Waals surface area contributed by atoms with Crippen LogP contribution in [-0.4, -0.2) is 63.6 Å². The van der Waals surface area contributed by atoms with Gasteiger partial charge in [-0.3, -0.25) is 9.10 Å². The molecule has 1 aliphatic heterocycles. The smallest absolute Gasteiger partial charge is 0.253 e. The van der Waals surface area contributed by atoms with Gasteiger partial charge in [0.15, 0.2) is 0 Å². The van der Waals surface area contributed by atoms with Crippen molar-refractivity contribution in [1.29, 1.82) is 0 Å². The average molecular weight is 422 g/mol. The topological polar surface area (TPSA) is 60.9 Å². The second kappa shape index (κ2) is 8.51. The fraction of sp³-hybridized carbons (Fsp3) is 0.350. The maximum atomic E-state index is 12.6. The molecule has 1 amide bonds. The van der Waals surface area contributed by atoms with Crippen LogP contribution in [0.25, 0.3) is 0 Å². The van der Waals surface area contributed by atoms with E-state index >= 15 is 0 Å². The second-order valence-electron chi connectivity index (χ2n) is 7.04. The first-order valence-corrected chi connectivity index (χ1v) is 11.3. The van der Waals surface area contributed by atoms with Crippen molar-refractivity contribution in [3.05, 3.63) is 64.7 Å². The molecule has 0 spiro atoms. The van der Waals surface area contributed by atoms with Crippen LogP contribution < -0.4 is 4.31 Å². The van der Waals surface area contributed by atoms with Gasteiger partial charge in [0.25, 0.3) is 5.91 Å². The van der Waals surface area contributed by atoms with Gasteiger partial charge in [-0.2, -0.15) is 0 Å².